The van der Waals surface area contributed by atoms with Crippen molar-refractivity contribution in [1.82, 2.24) is 15.6 Å². The molecule has 1 unspecified atom stereocenters. The Kier molecular flexibility index (Phi) is 6.86. The van der Waals surface area contributed by atoms with E-state index < -0.39 is 23.5 Å². The first-order chi connectivity index (χ1) is 16.8. The molecule has 0 fully saturated rings. The molecular formula is C26H27N3O6. The van der Waals surface area contributed by atoms with E-state index in [1.54, 1.807) is 0 Å². The number of aliphatic carboxylic acids is 1. The third-order valence-electron chi connectivity index (χ3n) is 6.20. The Labute approximate surface area is 202 Å². The first kappa shape index (κ1) is 24.0. The molecule has 4 rings (SSSR count). The Hall–Kier alpha value is -4.14. The summed E-state index contributed by atoms with van der Waals surface area (Å²) in [5.41, 5.74) is 2.93. The molecule has 1 heterocycles. The summed E-state index contributed by atoms with van der Waals surface area (Å²) < 4.78 is 10.7. The van der Waals surface area contributed by atoms with Crippen LogP contribution in [0.1, 0.15) is 60.0 Å². The number of hydrogen-bond donors (Lipinski definition) is 3. The maximum Gasteiger partial charge on any atom is 0.407 e. The number of hydrogen-bond acceptors (Lipinski definition) is 6. The van der Waals surface area contributed by atoms with Crippen LogP contribution in [0, 0.1) is 0 Å². The second-order valence-electron chi connectivity index (χ2n) is 8.64. The summed E-state index contributed by atoms with van der Waals surface area (Å²) in [4.78, 5) is 40.6. The predicted octanol–water partition coefficient (Wildman–Crippen LogP) is 4.09. The molecule has 0 aliphatic heterocycles. The van der Waals surface area contributed by atoms with Crippen LogP contribution < -0.4 is 10.6 Å². The van der Waals surface area contributed by atoms with E-state index in [1.807, 2.05) is 43.3 Å². The molecule has 182 valence electrons. The number of oxazole rings is 1. The van der Waals surface area contributed by atoms with Gasteiger partial charge in [-0.15, -0.1) is 0 Å². The molecule has 1 aromatic heterocycles. The number of benzene rings is 2. The van der Waals surface area contributed by atoms with Gasteiger partial charge in [-0.05, 0) is 35.6 Å². The summed E-state index contributed by atoms with van der Waals surface area (Å²) >= 11 is 0. The van der Waals surface area contributed by atoms with Crippen LogP contribution >= 0.6 is 0 Å². The van der Waals surface area contributed by atoms with Gasteiger partial charge in [0, 0.05) is 5.92 Å². The van der Waals surface area contributed by atoms with Gasteiger partial charge in [0.1, 0.15) is 12.1 Å². The lowest BCUT2D eigenvalue weighted by atomic mass is 9.96. The number of aromatic nitrogens is 1. The fourth-order valence-corrected chi connectivity index (χ4v) is 4.42. The van der Waals surface area contributed by atoms with Crippen molar-refractivity contribution >= 4 is 18.0 Å². The summed E-state index contributed by atoms with van der Waals surface area (Å²) in [6, 6.07) is 16.1. The van der Waals surface area contributed by atoms with E-state index in [-0.39, 0.29) is 36.9 Å². The predicted molar refractivity (Wildman–Crippen MR) is 127 cm³/mol. The average molecular weight is 478 g/mol. The molecule has 2 aromatic carbocycles. The highest BCUT2D eigenvalue weighted by molar-refractivity contribution is 5.97. The van der Waals surface area contributed by atoms with Crippen molar-refractivity contribution in [2.24, 2.45) is 0 Å². The van der Waals surface area contributed by atoms with Gasteiger partial charge in [-0.2, -0.15) is 0 Å². The fraction of sp³-hybridized carbons (Fsp3) is 0.308. The van der Waals surface area contributed by atoms with Crippen LogP contribution in [0.2, 0.25) is 0 Å². The zero-order valence-corrected chi connectivity index (χ0v) is 19.5. The number of ether oxygens (including phenoxy) is 1. The van der Waals surface area contributed by atoms with Crippen LogP contribution in [0.5, 0.6) is 0 Å². The van der Waals surface area contributed by atoms with Crippen LogP contribution in [0.4, 0.5) is 4.79 Å². The van der Waals surface area contributed by atoms with E-state index in [2.05, 4.69) is 27.8 Å². The van der Waals surface area contributed by atoms with Crippen molar-refractivity contribution in [1.29, 1.82) is 0 Å². The van der Waals surface area contributed by atoms with Crippen LogP contribution in [-0.4, -0.2) is 40.2 Å². The summed E-state index contributed by atoms with van der Waals surface area (Å²) in [5, 5.41) is 14.6. The molecule has 1 aliphatic rings. The zero-order valence-electron chi connectivity index (χ0n) is 19.5. The molecule has 9 heteroatoms. The number of fused-ring (bicyclic) bond motifs is 3. The molecule has 1 aliphatic carbocycles. The van der Waals surface area contributed by atoms with Gasteiger partial charge in [0.15, 0.2) is 17.8 Å². The smallest absolute Gasteiger partial charge is 0.407 e. The number of carbonyl (C=O) groups is 3. The Morgan fingerprint density at radius 1 is 1.09 bits per heavy atom. The highest BCUT2D eigenvalue weighted by Gasteiger charge is 2.35. The second kappa shape index (κ2) is 10.0. The Morgan fingerprint density at radius 2 is 1.71 bits per heavy atom. The largest absolute Gasteiger partial charge is 0.480 e. The van der Waals surface area contributed by atoms with Crippen molar-refractivity contribution < 1.29 is 28.6 Å². The van der Waals surface area contributed by atoms with Crippen molar-refractivity contribution in [2.45, 2.75) is 44.7 Å². The van der Waals surface area contributed by atoms with Crippen molar-refractivity contribution in [3.05, 3.63) is 77.5 Å². The molecule has 3 aromatic rings. The van der Waals surface area contributed by atoms with Gasteiger partial charge in [0.25, 0.3) is 5.91 Å². The summed E-state index contributed by atoms with van der Waals surface area (Å²) in [5.74, 6) is -1.82. The van der Waals surface area contributed by atoms with Gasteiger partial charge >= 0.3 is 12.1 Å². The molecule has 1 atom stereocenters. The minimum absolute atomic E-state index is 0.0768. The Balaban J connectivity index is 1.37. The topological polar surface area (TPSA) is 131 Å². The monoisotopic (exact) mass is 477 g/mol. The number of amides is 2. The van der Waals surface area contributed by atoms with E-state index in [0.29, 0.717) is 6.42 Å². The summed E-state index contributed by atoms with van der Waals surface area (Å²) in [7, 11) is 0. The quantitative estimate of drug-likeness (QED) is 0.423. The number of nitrogens with zero attached hydrogens (tertiary/aromatic N) is 1. The van der Waals surface area contributed by atoms with Crippen molar-refractivity contribution in [3.63, 3.8) is 0 Å². The average Bonchev–Trinajstić information content (AvgIpc) is 3.44. The van der Waals surface area contributed by atoms with Gasteiger partial charge in [0.2, 0.25) is 0 Å². The van der Waals surface area contributed by atoms with Crippen molar-refractivity contribution in [3.8, 4) is 11.1 Å². The van der Waals surface area contributed by atoms with Gasteiger partial charge in [-0.1, -0.05) is 61.9 Å². The Bertz CT molecular complexity index is 1210. The number of nitrogens with one attached hydrogen (secondary N) is 2. The number of rotatable bonds is 9. The van der Waals surface area contributed by atoms with Gasteiger partial charge < -0.3 is 24.9 Å². The van der Waals surface area contributed by atoms with Crippen LogP contribution in [-0.2, 0) is 16.1 Å². The molecule has 9 nitrogen and oxygen atoms in total. The van der Waals surface area contributed by atoms with Crippen LogP contribution in [0.25, 0.3) is 11.1 Å². The third-order valence-corrected chi connectivity index (χ3v) is 6.20. The number of carboxylic acids is 1. The maximum atomic E-state index is 12.7. The van der Waals surface area contributed by atoms with E-state index in [0.717, 1.165) is 28.6 Å². The zero-order chi connectivity index (χ0) is 25.0. The highest BCUT2D eigenvalue weighted by Crippen LogP contribution is 2.44. The normalized spacial score (nSPS) is 13.9. The lowest BCUT2D eigenvalue weighted by molar-refractivity contribution is -0.144. The van der Waals surface area contributed by atoms with E-state index in [9.17, 15) is 19.5 Å². The number of carbonyl (C=O) groups excluding carboxylic acids is 2. The highest BCUT2D eigenvalue weighted by atomic mass is 16.5. The fourth-order valence-electron chi connectivity index (χ4n) is 4.42. The molecular weight excluding hydrogens is 450 g/mol. The van der Waals surface area contributed by atoms with E-state index in [4.69, 9.17) is 9.15 Å². The minimum atomic E-state index is -1.44. The van der Waals surface area contributed by atoms with E-state index >= 15 is 0 Å². The number of alkyl carbamates (subject to hydrolysis) is 1. The first-order valence-corrected chi connectivity index (χ1v) is 11.4. The van der Waals surface area contributed by atoms with Crippen LogP contribution in [0.3, 0.4) is 0 Å². The first-order valence-electron chi connectivity index (χ1n) is 11.4. The van der Waals surface area contributed by atoms with Gasteiger partial charge in [0.05, 0.1) is 6.54 Å². The maximum absolute atomic E-state index is 12.7. The van der Waals surface area contributed by atoms with Crippen LogP contribution in [0.15, 0.2) is 59.3 Å². The number of carboxylic acid groups (broad SMARTS) is 1. The standard InChI is InChI=1S/C26H27N3O6/c1-3-12-26(2,24(31)32)29-23(30)22-21(35-15-28-22)13-27-25(33)34-14-20-18-10-6-4-8-16(18)17-9-5-7-11-19(17)20/h4-11,15,20H,3,12-14H2,1-2H3,(H,27,33)(H,29,30)(H,31,32). The molecule has 2 amide bonds. The van der Waals surface area contributed by atoms with Gasteiger partial charge in [-0.3, -0.25) is 4.79 Å². The molecule has 0 radical (unpaired) electrons. The van der Waals surface area contributed by atoms with Gasteiger partial charge in [-0.25, -0.2) is 14.6 Å². The second-order valence-corrected chi connectivity index (χ2v) is 8.64. The molecule has 0 saturated carbocycles. The lowest BCUT2D eigenvalue weighted by Gasteiger charge is -2.25. The lowest BCUT2D eigenvalue weighted by Crippen LogP contribution is -2.52. The molecule has 0 spiro atoms. The molecule has 0 saturated heterocycles. The minimum Gasteiger partial charge on any atom is -0.480 e. The Morgan fingerprint density at radius 3 is 2.31 bits per heavy atom. The third kappa shape index (κ3) is 4.89. The SMILES string of the molecule is CCCC(C)(NC(=O)c1ncoc1CNC(=O)OCC1c2ccccc2-c2ccccc21)C(=O)O. The van der Waals surface area contributed by atoms with Crippen molar-refractivity contribution in [2.75, 3.05) is 6.61 Å². The van der Waals surface area contributed by atoms with E-state index in [1.165, 1.54) is 6.92 Å². The molecule has 0 bridgehead atoms. The summed E-state index contributed by atoms with van der Waals surface area (Å²) in [6.07, 6.45) is 1.22. The summed E-state index contributed by atoms with van der Waals surface area (Å²) in [6.45, 7) is 3.27. The molecule has 35 heavy (non-hydrogen) atoms. The molecule has 3 N–H and O–H groups in total.